The van der Waals surface area contributed by atoms with E-state index in [4.69, 9.17) is 0 Å². The Bertz CT molecular complexity index is 987. The van der Waals surface area contributed by atoms with Crippen molar-refractivity contribution in [3.8, 4) is 0 Å². The minimum atomic E-state index is -4.28. The lowest BCUT2D eigenvalue weighted by molar-refractivity contribution is -0.0328. The lowest BCUT2D eigenvalue weighted by atomic mass is 9.77. The fraction of sp³-hybridized carbons (Fsp3) is 0.545. The first-order chi connectivity index (χ1) is 15.7. The number of halogens is 3. The molecule has 2 aliphatic rings. The number of piperidine rings is 1. The fourth-order valence-corrected chi connectivity index (χ4v) is 5.46. The molecule has 2 heterocycles. The Hall–Kier alpha value is -1.85. The Labute approximate surface area is 197 Å². The molecule has 2 fully saturated rings. The molecule has 1 saturated carbocycles. The van der Waals surface area contributed by atoms with Gasteiger partial charge in [0.2, 0.25) is 5.95 Å². The number of nitrogens with one attached hydrogen (secondary N) is 1. The zero-order valence-electron chi connectivity index (χ0n) is 18.3. The SMILES string of the molecule is CS(=O)c1cnc(N2CCC(c3ccc(SC(F)(F)F)cc3)CC2)nc1NC1(CO)CCC1. The third-order valence-electron chi connectivity index (χ3n) is 6.41. The summed E-state index contributed by atoms with van der Waals surface area (Å²) in [5.74, 6) is 1.32. The second-order valence-corrected chi connectivity index (χ2v) is 11.1. The lowest BCUT2D eigenvalue weighted by Crippen LogP contribution is -2.48. The molecule has 0 spiro atoms. The highest BCUT2D eigenvalue weighted by Gasteiger charge is 2.37. The van der Waals surface area contributed by atoms with Gasteiger partial charge in [0, 0.05) is 24.2 Å². The van der Waals surface area contributed by atoms with E-state index in [0.29, 0.717) is 29.8 Å². The molecule has 1 aliphatic heterocycles. The van der Waals surface area contributed by atoms with E-state index in [-0.39, 0.29) is 29.2 Å². The van der Waals surface area contributed by atoms with Gasteiger partial charge in [0.25, 0.3) is 0 Å². The smallest absolute Gasteiger partial charge is 0.394 e. The highest BCUT2D eigenvalue weighted by molar-refractivity contribution is 8.00. The summed E-state index contributed by atoms with van der Waals surface area (Å²) in [5.41, 5.74) is -3.66. The summed E-state index contributed by atoms with van der Waals surface area (Å²) in [6.07, 6.45) is 7.54. The summed E-state index contributed by atoms with van der Waals surface area (Å²) < 4.78 is 49.8. The largest absolute Gasteiger partial charge is 0.446 e. The molecule has 1 saturated heterocycles. The van der Waals surface area contributed by atoms with Crippen molar-refractivity contribution in [1.29, 1.82) is 0 Å². The van der Waals surface area contributed by atoms with Crippen molar-refractivity contribution in [2.45, 2.75) is 58.9 Å². The molecule has 2 aromatic rings. The predicted octanol–water partition coefficient (Wildman–Crippen LogP) is 4.54. The summed E-state index contributed by atoms with van der Waals surface area (Å²) in [5, 5.41) is 13.1. The summed E-state index contributed by atoms with van der Waals surface area (Å²) in [4.78, 5) is 11.9. The molecule has 180 valence electrons. The average Bonchev–Trinajstić information content (AvgIpc) is 2.75. The third-order valence-corrected chi connectivity index (χ3v) is 8.07. The van der Waals surface area contributed by atoms with E-state index in [1.807, 2.05) is 0 Å². The Morgan fingerprint density at radius 2 is 1.91 bits per heavy atom. The number of aliphatic hydroxyl groups excluding tert-OH is 1. The number of aromatic nitrogens is 2. The first kappa shape index (κ1) is 24.3. The Morgan fingerprint density at radius 1 is 1.24 bits per heavy atom. The van der Waals surface area contributed by atoms with Crippen molar-refractivity contribution in [3.63, 3.8) is 0 Å². The van der Waals surface area contributed by atoms with Crippen molar-refractivity contribution in [1.82, 2.24) is 9.97 Å². The minimum Gasteiger partial charge on any atom is -0.394 e. The van der Waals surface area contributed by atoms with Gasteiger partial charge in [0.15, 0.2) is 0 Å². The third kappa shape index (κ3) is 5.81. The monoisotopic (exact) mass is 500 g/mol. The quantitative estimate of drug-likeness (QED) is 0.541. The van der Waals surface area contributed by atoms with Crippen LogP contribution in [-0.4, -0.2) is 56.3 Å². The number of nitrogens with zero attached hydrogens (tertiary/aromatic N) is 3. The molecular weight excluding hydrogens is 473 g/mol. The van der Waals surface area contributed by atoms with Gasteiger partial charge in [-0.15, -0.1) is 0 Å². The highest BCUT2D eigenvalue weighted by Crippen LogP contribution is 2.39. The summed E-state index contributed by atoms with van der Waals surface area (Å²) >= 11 is -0.0988. The van der Waals surface area contributed by atoms with E-state index in [1.165, 1.54) is 12.1 Å². The van der Waals surface area contributed by atoms with Gasteiger partial charge < -0.3 is 15.3 Å². The van der Waals surface area contributed by atoms with Crippen LogP contribution in [0.3, 0.4) is 0 Å². The van der Waals surface area contributed by atoms with E-state index >= 15 is 0 Å². The Balaban J connectivity index is 1.43. The second-order valence-electron chi connectivity index (χ2n) is 8.63. The molecule has 6 nitrogen and oxygen atoms in total. The highest BCUT2D eigenvalue weighted by atomic mass is 32.2. The van der Waals surface area contributed by atoms with Gasteiger partial charge in [-0.2, -0.15) is 18.2 Å². The second kappa shape index (κ2) is 9.79. The number of thioether (sulfide) groups is 1. The van der Waals surface area contributed by atoms with Crippen molar-refractivity contribution in [2.24, 2.45) is 0 Å². The van der Waals surface area contributed by atoms with Crippen molar-refractivity contribution in [3.05, 3.63) is 36.0 Å². The van der Waals surface area contributed by atoms with Crippen LogP contribution in [-0.2, 0) is 10.8 Å². The van der Waals surface area contributed by atoms with Gasteiger partial charge in [0.05, 0.1) is 34.0 Å². The number of rotatable bonds is 7. The molecule has 1 aromatic carbocycles. The van der Waals surface area contributed by atoms with Crippen LogP contribution in [0.4, 0.5) is 24.9 Å². The maximum atomic E-state index is 12.5. The molecule has 1 atom stereocenters. The van der Waals surface area contributed by atoms with E-state index in [2.05, 4.69) is 20.2 Å². The molecule has 1 unspecified atom stereocenters. The van der Waals surface area contributed by atoms with Crippen LogP contribution < -0.4 is 10.2 Å². The van der Waals surface area contributed by atoms with Gasteiger partial charge in [0.1, 0.15) is 5.82 Å². The number of aliphatic hydroxyl groups is 1. The van der Waals surface area contributed by atoms with Crippen LogP contribution in [0.15, 0.2) is 40.3 Å². The Kier molecular flexibility index (Phi) is 7.20. The number of anilines is 2. The molecule has 11 heteroatoms. The number of benzene rings is 1. The van der Waals surface area contributed by atoms with Crippen LogP contribution in [0.5, 0.6) is 0 Å². The van der Waals surface area contributed by atoms with Crippen LogP contribution >= 0.6 is 11.8 Å². The first-order valence-corrected chi connectivity index (χ1v) is 13.3. The molecule has 1 aliphatic carbocycles. The number of alkyl halides is 3. The molecule has 33 heavy (non-hydrogen) atoms. The topological polar surface area (TPSA) is 78.4 Å². The summed E-state index contributed by atoms with van der Waals surface area (Å²) in [7, 11) is -1.27. The van der Waals surface area contributed by atoms with E-state index < -0.39 is 21.8 Å². The van der Waals surface area contributed by atoms with Crippen molar-refractivity contribution >= 4 is 34.3 Å². The van der Waals surface area contributed by atoms with E-state index in [9.17, 15) is 22.5 Å². The van der Waals surface area contributed by atoms with E-state index in [0.717, 1.165) is 37.7 Å². The van der Waals surface area contributed by atoms with Gasteiger partial charge in [-0.05, 0) is 67.5 Å². The van der Waals surface area contributed by atoms with Gasteiger partial charge in [-0.25, -0.2) is 4.98 Å². The molecular formula is C22H27F3N4O2S2. The zero-order valence-corrected chi connectivity index (χ0v) is 19.9. The first-order valence-electron chi connectivity index (χ1n) is 10.9. The zero-order chi connectivity index (χ0) is 23.6. The lowest BCUT2D eigenvalue weighted by Gasteiger charge is -2.41. The average molecular weight is 501 g/mol. The molecule has 4 rings (SSSR count). The van der Waals surface area contributed by atoms with E-state index in [1.54, 1.807) is 24.6 Å². The predicted molar refractivity (Wildman–Crippen MR) is 124 cm³/mol. The number of hydrogen-bond donors (Lipinski definition) is 2. The number of hydrogen-bond acceptors (Lipinski definition) is 7. The summed E-state index contributed by atoms with van der Waals surface area (Å²) in [6.45, 7) is 1.42. The minimum absolute atomic E-state index is 0.00616. The molecule has 0 radical (unpaired) electrons. The van der Waals surface area contributed by atoms with Gasteiger partial charge >= 0.3 is 5.51 Å². The maximum absolute atomic E-state index is 12.5. The molecule has 2 N–H and O–H groups in total. The van der Waals surface area contributed by atoms with Gasteiger partial charge in [-0.1, -0.05) is 12.1 Å². The molecule has 0 amide bonds. The Morgan fingerprint density at radius 3 is 2.42 bits per heavy atom. The molecule has 0 bridgehead atoms. The van der Waals surface area contributed by atoms with Gasteiger partial charge in [-0.3, -0.25) is 4.21 Å². The van der Waals surface area contributed by atoms with Crippen LogP contribution in [0.25, 0.3) is 0 Å². The standard InChI is InChI=1S/C22H27F3N4O2S2/c1-33(31)18-13-26-20(27-19(18)28-21(14-30)9-2-10-21)29-11-7-16(8-12-29)15-3-5-17(6-4-15)32-22(23,24)25/h3-6,13,16,30H,2,7-12,14H2,1H3,(H,26,27,28). The van der Waals surface area contributed by atoms with Crippen LogP contribution in [0, 0.1) is 0 Å². The van der Waals surface area contributed by atoms with Crippen LogP contribution in [0.2, 0.25) is 0 Å². The fourth-order valence-electron chi connectivity index (χ4n) is 4.35. The normalized spacial score (nSPS) is 19.7. The van der Waals surface area contributed by atoms with Crippen molar-refractivity contribution < 1.29 is 22.5 Å². The van der Waals surface area contributed by atoms with Crippen molar-refractivity contribution in [2.75, 3.05) is 36.2 Å². The molecule has 1 aromatic heterocycles. The van der Waals surface area contributed by atoms with Crippen LogP contribution in [0.1, 0.15) is 43.6 Å². The maximum Gasteiger partial charge on any atom is 0.446 e. The summed E-state index contributed by atoms with van der Waals surface area (Å²) in [6, 6.07) is 6.63.